The maximum absolute atomic E-state index is 4.80. The van der Waals surface area contributed by atoms with Crippen molar-refractivity contribution in [3.8, 4) is 5.82 Å². The second-order valence-corrected chi connectivity index (χ2v) is 7.82. The van der Waals surface area contributed by atoms with Crippen LogP contribution in [0.15, 0.2) is 66.0 Å². The number of aliphatic imine (C=N–C) groups is 1. The SMILES string of the molecule is CCNC(=NCc1ccnc(-n2cccn2)c1)NC(C)c1cccc(N2CCCC2)c1. The van der Waals surface area contributed by atoms with Crippen LogP contribution in [0.3, 0.4) is 0 Å². The third kappa shape index (κ3) is 5.42. The van der Waals surface area contributed by atoms with Crippen molar-refractivity contribution >= 4 is 11.6 Å². The molecular formula is C24H31N7. The summed E-state index contributed by atoms with van der Waals surface area (Å²) in [6.45, 7) is 7.94. The summed E-state index contributed by atoms with van der Waals surface area (Å²) in [4.78, 5) is 11.7. The Morgan fingerprint density at radius 2 is 2.00 bits per heavy atom. The van der Waals surface area contributed by atoms with E-state index in [2.05, 4.69) is 63.7 Å². The Balaban J connectivity index is 1.44. The minimum absolute atomic E-state index is 0.150. The van der Waals surface area contributed by atoms with Gasteiger partial charge in [-0.05, 0) is 68.1 Å². The maximum Gasteiger partial charge on any atom is 0.192 e. The van der Waals surface area contributed by atoms with E-state index in [-0.39, 0.29) is 6.04 Å². The average Bonchev–Trinajstić information content (AvgIpc) is 3.52. The monoisotopic (exact) mass is 417 g/mol. The fourth-order valence-corrected chi connectivity index (χ4v) is 3.83. The van der Waals surface area contributed by atoms with E-state index in [1.165, 1.54) is 24.1 Å². The number of rotatable bonds is 7. The number of pyridine rings is 1. The van der Waals surface area contributed by atoms with Gasteiger partial charge >= 0.3 is 0 Å². The first kappa shape index (κ1) is 20.9. The van der Waals surface area contributed by atoms with E-state index < -0.39 is 0 Å². The lowest BCUT2D eigenvalue weighted by Gasteiger charge is -2.22. The van der Waals surface area contributed by atoms with Crippen LogP contribution >= 0.6 is 0 Å². The second kappa shape index (κ2) is 10.1. The zero-order valence-corrected chi connectivity index (χ0v) is 18.3. The van der Waals surface area contributed by atoms with Crippen LogP contribution in [0.5, 0.6) is 0 Å². The highest BCUT2D eigenvalue weighted by atomic mass is 15.3. The fourth-order valence-electron chi connectivity index (χ4n) is 3.83. The van der Waals surface area contributed by atoms with Crippen molar-refractivity contribution in [3.05, 3.63) is 72.2 Å². The molecule has 7 nitrogen and oxygen atoms in total. The zero-order chi connectivity index (χ0) is 21.5. The summed E-state index contributed by atoms with van der Waals surface area (Å²) in [7, 11) is 0. The number of nitrogens with one attached hydrogen (secondary N) is 2. The van der Waals surface area contributed by atoms with Gasteiger partial charge in [0.05, 0.1) is 12.6 Å². The van der Waals surface area contributed by atoms with Gasteiger partial charge in [0.1, 0.15) is 0 Å². The molecule has 1 aliphatic heterocycles. The van der Waals surface area contributed by atoms with Gasteiger partial charge in [-0.2, -0.15) is 5.10 Å². The van der Waals surface area contributed by atoms with Gasteiger partial charge in [-0.15, -0.1) is 0 Å². The normalized spacial score (nSPS) is 15.2. The Bertz CT molecular complexity index is 991. The number of hydrogen-bond donors (Lipinski definition) is 2. The van der Waals surface area contributed by atoms with E-state index in [1.807, 2.05) is 24.4 Å². The van der Waals surface area contributed by atoms with Crippen molar-refractivity contribution in [1.29, 1.82) is 0 Å². The molecule has 1 fully saturated rings. The van der Waals surface area contributed by atoms with E-state index in [4.69, 9.17) is 4.99 Å². The zero-order valence-electron chi connectivity index (χ0n) is 18.3. The third-order valence-electron chi connectivity index (χ3n) is 5.51. The molecular weight excluding hydrogens is 386 g/mol. The molecule has 0 aliphatic carbocycles. The molecule has 0 saturated carbocycles. The number of nitrogens with zero attached hydrogens (tertiary/aromatic N) is 5. The first-order valence-corrected chi connectivity index (χ1v) is 11.1. The summed E-state index contributed by atoms with van der Waals surface area (Å²) < 4.78 is 1.76. The second-order valence-electron chi connectivity index (χ2n) is 7.82. The Morgan fingerprint density at radius 1 is 1.13 bits per heavy atom. The number of benzene rings is 1. The molecule has 162 valence electrons. The van der Waals surface area contributed by atoms with Crippen LogP contribution in [0, 0.1) is 0 Å². The predicted octanol–water partition coefficient (Wildman–Crippen LogP) is 3.68. The quantitative estimate of drug-likeness (QED) is 0.453. The number of hydrogen-bond acceptors (Lipinski definition) is 4. The first-order chi connectivity index (χ1) is 15.2. The van der Waals surface area contributed by atoms with Crippen molar-refractivity contribution < 1.29 is 0 Å². The van der Waals surface area contributed by atoms with Crippen molar-refractivity contribution in [1.82, 2.24) is 25.4 Å². The summed E-state index contributed by atoms with van der Waals surface area (Å²) >= 11 is 0. The molecule has 2 aromatic heterocycles. The molecule has 7 heteroatoms. The highest BCUT2D eigenvalue weighted by Crippen LogP contribution is 2.24. The van der Waals surface area contributed by atoms with Gasteiger partial charge in [0.2, 0.25) is 0 Å². The molecule has 31 heavy (non-hydrogen) atoms. The van der Waals surface area contributed by atoms with Crippen LogP contribution in [0.25, 0.3) is 5.82 Å². The van der Waals surface area contributed by atoms with E-state index in [0.717, 1.165) is 37.0 Å². The molecule has 3 heterocycles. The van der Waals surface area contributed by atoms with Crippen molar-refractivity contribution in [2.75, 3.05) is 24.5 Å². The molecule has 2 N–H and O–H groups in total. The van der Waals surface area contributed by atoms with Crippen LogP contribution < -0.4 is 15.5 Å². The molecule has 1 saturated heterocycles. The predicted molar refractivity (Wildman–Crippen MR) is 126 cm³/mol. The molecule has 1 aromatic carbocycles. The van der Waals surface area contributed by atoms with Gasteiger partial charge in [0.25, 0.3) is 0 Å². The third-order valence-corrected chi connectivity index (χ3v) is 5.51. The fraction of sp³-hybridized carbons (Fsp3) is 0.375. The topological polar surface area (TPSA) is 70.4 Å². The summed E-state index contributed by atoms with van der Waals surface area (Å²) in [6.07, 6.45) is 8.01. The van der Waals surface area contributed by atoms with Gasteiger partial charge in [-0.1, -0.05) is 12.1 Å². The lowest BCUT2D eigenvalue weighted by atomic mass is 10.1. The van der Waals surface area contributed by atoms with Crippen molar-refractivity contribution in [2.24, 2.45) is 4.99 Å². The molecule has 1 unspecified atom stereocenters. The first-order valence-electron chi connectivity index (χ1n) is 11.1. The van der Waals surface area contributed by atoms with Gasteiger partial charge in [-0.3, -0.25) is 0 Å². The largest absolute Gasteiger partial charge is 0.372 e. The van der Waals surface area contributed by atoms with Gasteiger partial charge in [0.15, 0.2) is 11.8 Å². The van der Waals surface area contributed by atoms with E-state index in [1.54, 1.807) is 17.1 Å². The Morgan fingerprint density at radius 3 is 2.77 bits per heavy atom. The van der Waals surface area contributed by atoms with Crippen LogP contribution in [0.2, 0.25) is 0 Å². The standard InChI is InChI=1S/C24H31N7/c1-3-25-24(27-18-20-10-12-26-23(16-20)31-15-7-11-28-31)29-19(2)21-8-6-9-22(17-21)30-13-4-5-14-30/h6-12,15-17,19H,3-5,13-14,18H2,1-2H3,(H2,25,27,29). The number of aromatic nitrogens is 3. The Hall–Kier alpha value is -3.35. The highest BCUT2D eigenvalue weighted by molar-refractivity contribution is 5.80. The van der Waals surface area contributed by atoms with Crippen LogP contribution in [0.4, 0.5) is 5.69 Å². The van der Waals surface area contributed by atoms with Crippen LogP contribution in [-0.4, -0.2) is 40.4 Å². The maximum atomic E-state index is 4.80. The molecule has 0 bridgehead atoms. The van der Waals surface area contributed by atoms with Gasteiger partial charge in [0, 0.05) is 43.9 Å². The lowest BCUT2D eigenvalue weighted by Crippen LogP contribution is -2.38. The van der Waals surface area contributed by atoms with Gasteiger partial charge < -0.3 is 15.5 Å². The van der Waals surface area contributed by atoms with Crippen molar-refractivity contribution in [3.63, 3.8) is 0 Å². The molecule has 0 radical (unpaired) electrons. The molecule has 4 rings (SSSR count). The summed E-state index contributed by atoms with van der Waals surface area (Å²) in [6, 6.07) is 14.9. The average molecular weight is 418 g/mol. The summed E-state index contributed by atoms with van der Waals surface area (Å²) in [5.41, 5.74) is 3.66. The minimum atomic E-state index is 0.150. The van der Waals surface area contributed by atoms with Gasteiger partial charge in [-0.25, -0.2) is 14.7 Å². The van der Waals surface area contributed by atoms with Crippen molar-refractivity contribution in [2.45, 2.75) is 39.3 Å². The lowest BCUT2D eigenvalue weighted by molar-refractivity contribution is 0.686. The smallest absolute Gasteiger partial charge is 0.192 e. The molecule has 1 aliphatic rings. The number of guanidine groups is 1. The Kier molecular flexibility index (Phi) is 6.82. The van der Waals surface area contributed by atoms with E-state index >= 15 is 0 Å². The summed E-state index contributed by atoms with van der Waals surface area (Å²) in [5, 5.41) is 11.2. The van der Waals surface area contributed by atoms with Crippen LogP contribution in [-0.2, 0) is 6.54 Å². The van der Waals surface area contributed by atoms with Crippen LogP contribution in [0.1, 0.15) is 43.9 Å². The van der Waals surface area contributed by atoms with E-state index in [9.17, 15) is 0 Å². The highest BCUT2D eigenvalue weighted by Gasteiger charge is 2.14. The van der Waals surface area contributed by atoms with E-state index in [0.29, 0.717) is 6.54 Å². The number of anilines is 1. The summed E-state index contributed by atoms with van der Waals surface area (Å²) in [5.74, 6) is 1.60. The molecule has 3 aromatic rings. The Labute approximate surface area is 184 Å². The molecule has 0 amide bonds. The molecule has 0 spiro atoms. The minimum Gasteiger partial charge on any atom is -0.372 e. The molecule has 1 atom stereocenters.